The van der Waals surface area contributed by atoms with Gasteiger partial charge in [-0.3, -0.25) is 0 Å². The first kappa shape index (κ1) is 13.0. The first-order valence-electron chi connectivity index (χ1n) is 6.28. The van der Waals surface area contributed by atoms with Crippen LogP contribution in [0, 0.1) is 11.6 Å². The van der Waals surface area contributed by atoms with Crippen LogP contribution in [-0.2, 0) is 18.1 Å². The molecule has 0 unspecified atom stereocenters. The van der Waals surface area contributed by atoms with Crippen molar-refractivity contribution in [1.82, 2.24) is 19.7 Å². The van der Waals surface area contributed by atoms with Crippen LogP contribution in [0.5, 0.6) is 0 Å². The van der Waals surface area contributed by atoms with Crippen molar-refractivity contribution in [3.63, 3.8) is 0 Å². The predicted octanol–water partition coefficient (Wildman–Crippen LogP) is 2.97. The molecule has 2 heterocycles. The van der Waals surface area contributed by atoms with Crippen LogP contribution in [0.4, 0.5) is 0 Å². The molecular formula is C14H14N4OS. The number of ether oxygens (including phenoxy) is 1. The molecule has 0 aliphatic rings. The third-order valence-corrected chi connectivity index (χ3v) is 3.34. The third-order valence-electron chi connectivity index (χ3n) is 2.94. The SMILES string of the molecule is Cc1nc2c(=S)n(COCc3ccccc3)ncc2[nH]1. The summed E-state index contributed by atoms with van der Waals surface area (Å²) in [5.41, 5.74) is 2.73. The van der Waals surface area contributed by atoms with Crippen LogP contribution in [0.1, 0.15) is 11.4 Å². The summed E-state index contributed by atoms with van der Waals surface area (Å²) in [5, 5.41) is 4.27. The van der Waals surface area contributed by atoms with Gasteiger partial charge >= 0.3 is 0 Å². The van der Waals surface area contributed by atoms with E-state index in [1.807, 2.05) is 37.3 Å². The monoisotopic (exact) mass is 286 g/mol. The van der Waals surface area contributed by atoms with Gasteiger partial charge in [0.15, 0.2) is 4.64 Å². The van der Waals surface area contributed by atoms with E-state index in [2.05, 4.69) is 15.1 Å². The molecule has 0 fully saturated rings. The summed E-state index contributed by atoms with van der Waals surface area (Å²) in [4.78, 5) is 7.48. The molecule has 0 bridgehead atoms. The molecule has 2 aromatic heterocycles. The topological polar surface area (TPSA) is 55.7 Å². The highest BCUT2D eigenvalue weighted by atomic mass is 32.1. The first-order valence-corrected chi connectivity index (χ1v) is 6.69. The van der Waals surface area contributed by atoms with Crippen molar-refractivity contribution in [3.8, 4) is 0 Å². The van der Waals surface area contributed by atoms with Crippen LogP contribution in [0.2, 0.25) is 0 Å². The number of rotatable bonds is 4. The van der Waals surface area contributed by atoms with Gasteiger partial charge in [0, 0.05) is 0 Å². The highest BCUT2D eigenvalue weighted by Crippen LogP contribution is 2.11. The largest absolute Gasteiger partial charge is 0.355 e. The zero-order valence-corrected chi connectivity index (χ0v) is 11.9. The second-order valence-electron chi connectivity index (χ2n) is 4.50. The Labute approximate surface area is 121 Å². The molecule has 3 rings (SSSR count). The van der Waals surface area contributed by atoms with Gasteiger partial charge < -0.3 is 9.72 Å². The average molecular weight is 286 g/mol. The van der Waals surface area contributed by atoms with Gasteiger partial charge in [-0.05, 0) is 12.5 Å². The van der Waals surface area contributed by atoms with E-state index in [4.69, 9.17) is 17.0 Å². The lowest BCUT2D eigenvalue weighted by molar-refractivity contribution is 0.0544. The van der Waals surface area contributed by atoms with Gasteiger partial charge in [0.25, 0.3) is 0 Å². The lowest BCUT2D eigenvalue weighted by Gasteiger charge is -2.07. The summed E-state index contributed by atoms with van der Waals surface area (Å²) in [7, 11) is 0. The molecule has 3 aromatic rings. The van der Waals surface area contributed by atoms with Crippen LogP contribution < -0.4 is 0 Å². The molecule has 5 nitrogen and oxygen atoms in total. The van der Waals surface area contributed by atoms with Gasteiger partial charge in [-0.1, -0.05) is 42.5 Å². The number of imidazole rings is 1. The number of aromatic amines is 1. The van der Waals surface area contributed by atoms with Crippen LogP contribution in [0.15, 0.2) is 36.5 Å². The number of hydrogen-bond donors (Lipinski definition) is 1. The Morgan fingerprint density at radius 1 is 1.30 bits per heavy atom. The maximum atomic E-state index is 5.64. The molecule has 0 radical (unpaired) electrons. The lowest BCUT2D eigenvalue weighted by Crippen LogP contribution is -2.08. The summed E-state index contributed by atoms with van der Waals surface area (Å²) in [6.07, 6.45) is 1.72. The third kappa shape index (κ3) is 2.61. The number of benzene rings is 1. The van der Waals surface area contributed by atoms with Gasteiger partial charge in [-0.15, -0.1) is 0 Å². The zero-order valence-electron chi connectivity index (χ0n) is 11.0. The Hall–Kier alpha value is -2.05. The molecule has 0 spiro atoms. The summed E-state index contributed by atoms with van der Waals surface area (Å²) in [6, 6.07) is 10.00. The Kier molecular flexibility index (Phi) is 3.58. The fourth-order valence-electron chi connectivity index (χ4n) is 1.98. The summed E-state index contributed by atoms with van der Waals surface area (Å²) >= 11 is 5.38. The molecule has 0 atom stereocenters. The van der Waals surface area contributed by atoms with Crippen molar-refractivity contribution in [2.24, 2.45) is 0 Å². The van der Waals surface area contributed by atoms with E-state index in [-0.39, 0.29) is 0 Å². The Balaban J connectivity index is 1.75. The molecule has 1 N–H and O–H groups in total. The highest BCUT2D eigenvalue weighted by Gasteiger charge is 2.05. The summed E-state index contributed by atoms with van der Waals surface area (Å²) < 4.78 is 7.86. The van der Waals surface area contributed by atoms with Crippen molar-refractivity contribution >= 4 is 23.3 Å². The number of aryl methyl sites for hydroxylation is 1. The maximum Gasteiger partial charge on any atom is 0.153 e. The second kappa shape index (κ2) is 5.52. The fourth-order valence-corrected chi connectivity index (χ4v) is 2.24. The summed E-state index contributed by atoms with van der Waals surface area (Å²) in [6.45, 7) is 2.74. The second-order valence-corrected chi connectivity index (χ2v) is 4.88. The van der Waals surface area contributed by atoms with Crippen molar-refractivity contribution in [2.45, 2.75) is 20.3 Å². The van der Waals surface area contributed by atoms with E-state index in [1.165, 1.54) is 0 Å². The predicted molar refractivity (Wildman–Crippen MR) is 78.7 cm³/mol. The van der Waals surface area contributed by atoms with Gasteiger partial charge in [-0.2, -0.15) is 5.10 Å². The maximum absolute atomic E-state index is 5.64. The standard InChI is InChI=1S/C14H14N4OS/c1-10-16-12-7-15-18(14(20)13(12)17-10)9-19-8-11-5-3-2-4-6-11/h2-7H,8-9H2,1H3,(H,16,17). The molecule has 0 amide bonds. The van der Waals surface area contributed by atoms with Gasteiger partial charge in [-0.25, -0.2) is 9.67 Å². The molecule has 20 heavy (non-hydrogen) atoms. The smallest absolute Gasteiger partial charge is 0.153 e. The molecule has 0 saturated carbocycles. The van der Waals surface area contributed by atoms with Gasteiger partial charge in [0.05, 0.1) is 18.3 Å². The minimum absolute atomic E-state index is 0.315. The van der Waals surface area contributed by atoms with E-state index in [9.17, 15) is 0 Å². The Bertz CT molecular complexity index is 779. The Morgan fingerprint density at radius 2 is 2.10 bits per heavy atom. The molecule has 1 aromatic carbocycles. The van der Waals surface area contributed by atoms with Gasteiger partial charge in [0.1, 0.15) is 18.1 Å². The van der Waals surface area contributed by atoms with Crippen LogP contribution >= 0.6 is 12.2 Å². The van der Waals surface area contributed by atoms with Crippen molar-refractivity contribution in [2.75, 3.05) is 0 Å². The number of nitrogens with zero attached hydrogens (tertiary/aromatic N) is 3. The van der Waals surface area contributed by atoms with E-state index in [0.717, 1.165) is 22.4 Å². The number of nitrogens with one attached hydrogen (secondary N) is 1. The Morgan fingerprint density at radius 3 is 2.90 bits per heavy atom. The van der Waals surface area contributed by atoms with Crippen molar-refractivity contribution in [1.29, 1.82) is 0 Å². The normalized spacial score (nSPS) is 11.1. The van der Waals surface area contributed by atoms with Crippen molar-refractivity contribution in [3.05, 3.63) is 52.6 Å². The van der Waals surface area contributed by atoms with Crippen LogP contribution in [0.3, 0.4) is 0 Å². The number of aromatic nitrogens is 4. The molecule has 0 saturated heterocycles. The minimum atomic E-state index is 0.315. The van der Waals surface area contributed by atoms with E-state index >= 15 is 0 Å². The van der Waals surface area contributed by atoms with E-state index in [1.54, 1.807) is 10.9 Å². The molecule has 0 aliphatic carbocycles. The highest BCUT2D eigenvalue weighted by molar-refractivity contribution is 7.71. The number of H-pyrrole nitrogens is 1. The van der Waals surface area contributed by atoms with E-state index < -0.39 is 0 Å². The van der Waals surface area contributed by atoms with Gasteiger partial charge in [0.2, 0.25) is 0 Å². The quantitative estimate of drug-likeness (QED) is 0.749. The zero-order chi connectivity index (χ0) is 13.9. The molecule has 6 heteroatoms. The molecule has 0 aliphatic heterocycles. The number of hydrogen-bond acceptors (Lipinski definition) is 4. The van der Waals surface area contributed by atoms with Crippen molar-refractivity contribution < 1.29 is 4.74 Å². The van der Waals surface area contributed by atoms with Crippen LogP contribution in [-0.4, -0.2) is 19.7 Å². The van der Waals surface area contributed by atoms with Crippen LogP contribution in [0.25, 0.3) is 11.0 Å². The van der Waals surface area contributed by atoms with E-state index in [0.29, 0.717) is 18.0 Å². The molecular weight excluding hydrogens is 272 g/mol. The minimum Gasteiger partial charge on any atom is -0.355 e. The lowest BCUT2D eigenvalue weighted by atomic mass is 10.2. The first-order chi connectivity index (χ1) is 9.74. The fraction of sp³-hybridized carbons (Fsp3) is 0.214. The average Bonchev–Trinajstić information content (AvgIpc) is 2.84. The summed E-state index contributed by atoms with van der Waals surface area (Å²) in [5.74, 6) is 0.829. The molecule has 102 valence electrons. The number of fused-ring (bicyclic) bond motifs is 1.